The zero-order chi connectivity index (χ0) is 30.5. The zero-order valence-electron chi connectivity index (χ0n) is 23.0. The number of rotatable bonds is 6. The Hall–Kier alpha value is -3.07. The van der Waals surface area contributed by atoms with Gasteiger partial charge in [0, 0.05) is 0 Å². The first kappa shape index (κ1) is 31.5. The Morgan fingerprint density at radius 1 is 0.950 bits per heavy atom. The summed E-state index contributed by atoms with van der Waals surface area (Å²) in [7, 11) is 0. The number of benzene rings is 1. The van der Waals surface area contributed by atoms with E-state index in [0.29, 0.717) is 5.57 Å². The van der Waals surface area contributed by atoms with Crippen molar-refractivity contribution in [3.05, 3.63) is 29.3 Å². The molecule has 0 spiro atoms. The minimum atomic E-state index is -2.34. The van der Waals surface area contributed by atoms with E-state index in [1.807, 2.05) is 0 Å². The van der Waals surface area contributed by atoms with E-state index in [1.165, 1.54) is 33.8 Å². The number of allylic oxidation sites excluding steroid dienone is 1. The van der Waals surface area contributed by atoms with E-state index in [1.54, 1.807) is 13.8 Å². The normalized spacial score (nSPS) is 33.4. The number of phenols is 3. The molecule has 40 heavy (non-hydrogen) atoms. The van der Waals surface area contributed by atoms with Crippen LogP contribution >= 0.6 is 0 Å². The van der Waals surface area contributed by atoms with Crippen LogP contribution in [-0.4, -0.2) is 102 Å². The maximum absolute atomic E-state index is 13.4. The predicted molar refractivity (Wildman–Crippen MR) is 135 cm³/mol. The van der Waals surface area contributed by atoms with E-state index in [2.05, 4.69) is 0 Å². The molecule has 2 fully saturated rings. The Balaban J connectivity index is 1.88. The van der Waals surface area contributed by atoms with Crippen molar-refractivity contribution >= 4 is 17.5 Å². The van der Waals surface area contributed by atoms with Gasteiger partial charge in [-0.05, 0) is 45.9 Å². The number of aliphatic hydroxyl groups excluding tert-OH is 3. The summed E-state index contributed by atoms with van der Waals surface area (Å²) in [5.41, 5.74) is -5.26. The van der Waals surface area contributed by atoms with Crippen LogP contribution in [0.25, 0.3) is 0 Å². The number of ketones is 2. The van der Waals surface area contributed by atoms with Gasteiger partial charge < -0.3 is 50.0 Å². The molecule has 1 aromatic carbocycles. The van der Waals surface area contributed by atoms with Crippen LogP contribution in [0.5, 0.6) is 17.2 Å². The Morgan fingerprint density at radius 2 is 1.50 bits per heavy atom. The molecule has 0 aromatic heterocycles. The molecule has 1 aliphatic heterocycles. The molecule has 1 saturated carbocycles. The number of Topliss-reactive ketones (excluding diaryl/α,β-unsaturated/α-hetero) is 2. The van der Waals surface area contributed by atoms with Gasteiger partial charge in [-0.2, -0.15) is 0 Å². The van der Waals surface area contributed by atoms with Gasteiger partial charge in [0.15, 0.2) is 40.7 Å². The molecule has 222 valence electrons. The number of esters is 1. The molecule has 1 saturated heterocycles. The summed E-state index contributed by atoms with van der Waals surface area (Å²) >= 11 is 0. The van der Waals surface area contributed by atoms with Gasteiger partial charge in [-0.1, -0.05) is 19.4 Å². The van der Waals surface area contributed by atoms with Crippen LogP contribution in [0.1, 0.15) is 51.9 Å². The second kappa shape index (κ2) is 10.7. The third-order valence-electron chi connectivity index (χ3n) is 7.27. The Morgan fingerprint density at radius 3 is 2.02 bits per heavy atom. The average molecular weight is 569 g/mol. The number of phenolic OH excluding ortho intramolecular Hbond substituents is 3. The molecule has 13 nitrogen and oxygen atoms in total. The van der Waals surface area contributed by atoms with Crippen LogP contribution in [0.2, 0.25) is 0 Å². The van der Waals surface area contributed by atoms with Crippen molar-refractivity contribution in [1.29, 1.82) is 0 Å². The van der Waals surface area contributed by atoms with E-state index in [9.17, 15) is 50.1 Å². The number of ether oxygens (including phenoxy) is 3. The lowest BCUT2D eigenvalue weighted by Crippen LogP contribution is -2.71. The highest BCUT2D eigenvalue weighted by atomic mass is 16.7. The van der Waals surface area contributed by atoms with Crippen molar-refractivity contribution in [1.82, 2.24) is 0 Å². The standard InChI is InChI=1S/C27H36O13/c1-11(2)9-27(37)23(36)25(3,4)22(35)26(5,6)24(27)40-21-19(33)18(32)17(31)15(39-21)10-38-20(34)12-7-13(28)16(30)14(29)8-12/h7-9,15,17-19,21,24,28-33,37H,10H2,1-6H3/t15-,17-,18+,19-,21+,24+,27-/m1/s1. The second-order valence-electron chi connectivity index (χ2n) is 11.5. The molecule has 2 aliphatic rings. The first-order chi connectivity index (χ1) is 18.3. The van der Waals surface area contributed by atoms with Gasteiger partial charge in [0.1, 0.15) is 37.1 Å². The smallest absolute Gasteiger partial charge is 0.338 e. The Kier molecular flexibility index (Phi) is 8.44. The van der Waals surface area contributed by atoms with Crippen molar-refractivity contribution in [2.24, 2.45) is 10.8 Å². The summed E-state index contributed by atoms with van der Waals surface area (Å²) in [6.07, 6.45) is -9.24. The molecule has 0 amide bonds. The van der Waals surface area contributed by atoms with Crippen molar-refractivity contribution in [2.45, 2.75) is 84.0 Å². The lowest BCUT2D eigenvalue weighted by molar-refractivity contribution is -0.328. The highest BCUT2D eigenvalue weighted by Crippen LogP contribution is 2.48. The molecular weight excluding hydrogens is 532 g/mol. The molecule has 7 atom stereocenters. The fraction of sp³-hybridized carbons (Fsp3) is 0.593. The van der Waals surface area contributed by atoms with Crippen LogP contribution in [0.4, 0.5) is 0 Å². The first-order valence-electron chi connectivity index (χ1n) is 12.5. The van der Waals surface area contributed by atoms with E-state index < -0.39 is 94.6 Å². The summed E-state index contributed by atoms with van der Waals surface area (Å²) in [6, 6.07) is 1.65. The van der Waals surface area contributed by atoms with Gasteiger partial charge in [-0.25, -0.2) is 4.79 Å². The molecule has 3 rings (SSSR count). The zero-order valence-corrected chi connectivity index (χ0v) is 23.0. The maximum atomic E-state index is 13.4. The van der Waals surface area contributed by atoms with Crippen molar-refractivity contribution in [2.75, 3.05) is 6.61 Å². The van der Waals surface area contributed by atoms with Crippen LogP contribution in [0.15, 0.2) is 23.8 Å². The molecule has 1 heterocycles. The molecule has 0 bridgehead atoms. The molecule has 1 aromatic rings. The summed E-state index contributed by atoms with van der Waals surface area (Å²) in [5.74, 6) is -4.92. The van der Waals surface area contributed by atoms with Gasteiger partial charge in [-0.3, -0.25) is 9.59 Å². The molecule has 13 heteroatoms. The molecule has 0 radical (unpaired) electrons. The number of carbonyl (C=O) groups excluding carboxylic acids is 3. The molecule has 0 unspecified atom stereocenters. The topological polar surface area (TPSA) is 221 Å². The Labute approximate surface area is 230 Å². The predicted octanol–water partition coefficient (Wildman–Crippen LogP) is 0.0545. The third-order valence-corrected chi connectivity index (χ3v) is 7.27. The number of carbonyl (C=O) groups is 3. The quantitative estimate of drug-likeness (QED) is 0.105. The lowest BCUT2D eigenvalue weighted by Gasteiger charge is -2.53. The van der Waals surface area contributed by atoms with Crippen molar-refractivity contribution in [3.8, 4) is 17.2 Å². The fourth-order valence-corrected chi connectivity index (χ4v) is 5.32. The van der Waals surface area contributed by atoms with E-state index >= 15 is 0 Å². The maximum Gasteiger partial charge on any atom is 0.338 e. The minimum Gasteiger partial charge on any atom is -0.504 e. The van der Waals surface area contributed by atoms with E-state index in [4.69, 9.17) is 14.2 Å². The number of aromatic hydroxyl groups is 3. The van der Waals surface area contributed by atoms with Gasteiger partial charge in [0.2, 0.25) is 0 Å². The number of hydrogen-bond acceptors (Lipinski definition) is 13. The largest absolute Gasteiger partial charge is 0.504 e. The third kappa shape index (κ3) is 5.32. The summed E-state index contributed by atoms with van der Waals surface area (Å²) in [6.45, 7) is 8.24. The molecule has 7 N–H and O–H groups in total. The summed E-state index contributed by atoms with van der Waals surface area (Å²) < 4.78 is 16.5. The van der Waals surface area contributed by atoms with Crippen molar-refractivity contribution in [3.63, 3.8) is 0 Å². The first-order valence-corrected chi connectivity index (χ1v) is 12.5. The minimum absolute atomic E-state index is 0.359. The van der Waals surface area contributed by atoms with Crippen LogP contribution in [0, 0.1) is 10.8 Å². The Bertz CT molecular complexity index is 1190. The van der Waals surface area contributed by atoms with Gasteiger partial charge >= 0.3 is 5.97 Å². The van der Waals surface area contributed by atoms with Gasteiger partial charge in [0.25, 0.3) is 0 Å². The highest BCUT2D eigenvalue weighted by Gasteiger charge is 2.66. The monoisotopic (exact) mass is 568 g/mol. The highest BCUT2D eigenvalue weighted by molar-refractivity contribution is 6.15. The second-order valence-corrected chi connectivity index (χ2v) is 11.5. The SMILES string of the molecule is CC(C)=C[C@@]1(O)C(=O)C(C)(C)C(=O)C(C)(C)[C@@H]1O[C@@H]1O[C@H](COC(=O)c2cc(O)c(O)c(O)c2)[C@@H](O)[C@H](O)[C@H]1O. The lowest BCUT2D eigenvalue weighted by atomic mass is 9.56. The summed E-state index contributed by atoms with van der Waals surface area (Å²) in [5, 5.41) is 71.9. The van der Waals surface area contributed by atoms with Gasteiger partial charge in [-0.15, -0.1) is 0 Å². The number of aliphatic hydroxyl groups is 4. The van der Waals surface area contributed by atoms with E-state index in [-0.39, 0.29) is 5.56 Å². The molecule has 1 aliphatic carbocycles. The average Bonchev–Trinajstić information content (AvgIpc) is 2.86. The molecular formula is C27H36O13. The van der Waals surface area contributed by atoms with Crippen LogP contribution in [-0.2, 0) is 23.8 Å². The van der Waals surface area contributed by atoms with Crippen molar-refractivity contribution < 1.29 is 64.3 Å². The van der Waals surface area contributed by atoms with Crippen LogP contribution < -0.4 is 0 Å². The fourth-order valence-electron chi connectivity index (χ4n) is 5.32. The van der Waals surface area contributed by atoms with E-state index in [0.717, 1.165) is 12.1 Å². The summed E-state index contributed by atoms with van der Waals surface area (Å²) in [4.78, 5) is 39.2. The van der Waals surface area contributed by atoms with Crippen LogP contribution in [0.3, 0.4) is 0 Å². The number of hydrogen-bond donors (Lipinski definition) is 7. The van der Waals surface area contributed by atoms with Gasteiger partial charge in [0.05, 0.1) is 16.4 Å².